The molecule has 0 aliphatic carbocycles. The first-order chi connectivity index (χ1) is 6.45. The lowest BCUT2D eigenvalue weighted by atomic mass is 10.1. The Kier molecular flexibility index (Phi) is 5.87. The molecule has 0 fully saturated rings. The molecule has 0 aliphatic heterocycles. The molecule has 0 bridgehead atoms. The van der Waals surface area contributed by atoms with E-state index in [0.717, 1.165) is 12.8 Å². The maximum Gasteiger partial charge on any atom is 0.244 e. The second-order valence-electron chi connectivity index (χ2n) is 3.73. The van der Waals surface area contributed by atoms with Crippen LogP contribution in [-0.2, 0) is 9.59 Å². The normalized spacial score (nSPS) is 10.9. The average molecular weight is 201 g/mol. The third-order valence-corrected chi connectivity index (χ3v) is 1.88. The van der Waals surface area contributed by atoms with Gasteiger partial charge in [-0.25, -0.2) is 0 Å². The second-order valence-corrected chi connectivity index (χ2v) is 3.73. The van der Waals surface area contributed by atoms with Crippen molar-refractivity contribution in [3.05, 3.63) is 0 Å². The summed E-state index contributed by atoms with van der Waals surface area (Å²) < 4.78 is 0. The van der Waals surface area contributed by atoms with Crippen LogP contribution >= 0.6 is 0 Å². The van der Waals surface area contributed by atoms with E-state index in [4.69, 9.17) is 11.5 Å². The Labute approximate surface area is 84.2 Å². The van der Waals surface area contributed by atoms with Crippen molar-refractivity contribution in [3.8, 4) is 0 Å². The molecular weight excluding hydrogens is 182 g/mol. The Balaban J connectivity index is 3.73. The van der Waals surface area contributed by atoms with Crippen molar-refractivity contribution in [1.82, 2.24) is 5.32 Å². The number of carbonyl (C=O) groups is 2. The lowest BCUT2D eigenvalue weighted by Crippen LogP contribution is -2.50. The molecule has 0 radical (unpaired) electrons. The van der Waals surface area contributed by atoms with Gasteiger partial charge < -0.3 is 11.5 Å². The van der Waals surface area contributed by atoms with Crippen LogP contribution in [0.4, 0.5) is 0 Å². The molecule has 14 heavy (non-hydrogen) atoms. The van der Waals surface area contributed by atoms with Crippen molar-refractivity contribution in [1.29, 1.82) is 0 Å². The van der Waals surface area contributed by atoms with Crippen LogP contribution < -0.4 is 16.8 Å². The quantitative estimate of drug-likeness (QED) is 0.377. The fraction of sp³-hybridized carbons (Fsp3) is 0.778. The Morgan fingerprint density at radius 1 is 1.21 bits per heavy atom. The van der Waals surface area contributed by atoms with Crippen LogP contribution in [0.25, 0.3) is 0 Å². The highest BCUT2D eigenvalue weighted by molar-refractivity contribution is 6.02. The number of amides is 2. The molecule has 5 nitrogen and oxygen atoms in total. The van der Waals surface area contributed by atoms with Crippen LogP contribution in [0.15, 0.2) is 0 Å². The zero-order valence-electron chi connectivity index (χ0n) is 8.75. The van der Waals surface area contributed by atoms with Crippen molar-refractivity contribution >= 4 is 11.8 Å². The van der Waals surface area contributed by atoms with Crippen LogP contribution in [0.1, 0.15) is 26.7 Å². The van der Waals surface area contributed by atoms with Crippen molar-refractivity contribution in [2.45, 2.75) is 32.7 Å². The Morgan fingerprint density at radius 2 is 1.71 bits per heavy atom. The third-order valence-electron chi connectivity index (χ3n) is 1.88. The molecular formula is C9H19N3O2. The van der Waals surface area contributed by atoms with E-state index in [1.807, 2.05) is 0 Å². The van der Waals surface area contributed by atoms with E-state index in [1.165, 1.54) is 0 Å². The minimum Gasteiger partial charge on any atom is -0.368 e. The average Bonchev–Trinajstić information content (AvgIpc) is 2.01. The van der Waals surface area contributed by atoms with E-state index in [2.05, 4.69) is 19.2 Å². The number of hydrogen-bond donors (Lipinski definition) is 3. The van der Waals surface area contributed by atoms with E-state index < -0.39 is 17.9 Å². The highest BCUT2D eigenvalue weighted by atomic mass is 16.2. The molecule has 0 atom stereocenters. The topological polar surface area (TPSA) is 98.2 Å². The molecule has 0 rings (SSSR count). The molecule has 2 amide bonds. The summed E-state index contributed by atoms with van der Waals surface area (Å²) >= 11 is 0. The SMILES string of the molecule is CC(C)CCCNC(C(N)=O)C(N)=O. The molecule has 0 aromatic rings. The lowest BCUT2D eigenvalue weighted by molar-refractivity contribution is -0.128. The summed E-state index contributed by atoms with van der Waals surface area (Å²) in [5.41, 5.74) is 9.95. The molecule has 0 heterocycles. The minimum atomic E-state index is -1.04. The van der Waals surface area contributed by atoms with E-state index >= 15 is 0 Å². The van der Waals surface area contributed by atoms with Gasteiger partial charge in [0.1, 0.15) is 0 Å². The fourth-order valence-corrected chi connectivity index (χ4v) is 1.10. The number of nitrogens with one attached hydrogen (secondary N) is 1. The zero-order chi connectivity index (χ0) is 11.1. The summed E-state index contributed by atoms with van der Waals surface area (Å²) in [4.78, 5) is 21.5. The fourth-order valence-electron chi connectivity index (χ4n) is 1.10. The summed E-state index contributed by atoms with van der Waals surface area (Å²) in [5.74, 6) is -0.832. The molecule has 5 N–H and O–H groups in total. The Morgan fingerprint density at radius 3 is 2.07 bits per heavy atom. The van der Waals surface area contributed by atoms with Gasteiger partial charge in [0.25, 0.3) is 0 Å². The van der Waals surface area contributed by atoms with E-state index in [9.17, 15) is 9.59 Å². The van der Waals surface area contributed by atoms with Gasteiger partial charge >= 0.3 is 0 Å². The highest BCUT2D eigenvalue weighted by Gasteiger charge is 2.19. The molecule has 5 heteroatoms. The number of primary amides is 2. The number of rotatable bonds is 7. The maximum absolute atomic E-state index is 10.7. The van der Waals surface area contributed by atoms with Crippen LogP contribution in [-0.4, -0.2) is 24.4 Å². The Bertz CT molecular complexity index is 190. The molecule has 0 saturated carbocycles. The molecule has 82 valence electrons. The second kappa shape index (κ2) is 6.37. The predicted molar refractivity (Wildman–Crippen MR) is 54.3 cm³/mol. The number of hydrogen-bond acceptors (Lipinski definition) is 3. The first kappa shape index (κ1) is 12.9. The minimum absolute atomic E-state index is 0.578. The molecule has 0 aromatic carbocycles. The van der Waals surface area contributed by atoms with Gasteiger partial charge in [-0.05, 0) is 25.3 Å². The monoisotopic (exact) mass is 201 g/mol. The van der Waals surface area contributed by atoms with E-state index in [-0.39, 0.29) is 0 Å². The molecule has 0 unspecified atom stereocenters. The lowest BCUT2D eigenvalue weighted by Gasteiger charge is -2.11. The largest absolute Gasteiger partial charge is 0.368 e. The van der Waals surface area contributed by atoms with E-state index in [0.29, 0.717) is 12.5 Å². The number of nitrogens with two attached hydrogens (primary N) is 2. The smallest absolute Gasteiger partial charge is 0.244 e. The molecule has 0 aliphatic rings. The first-order valence-corrected chi connectivity index (χ1v) is 4.77. The summed E-state index contributed by atoms with van der Waals surface area (Å²) in [7, 11) is 0. The predicted octanol–water partition coefficient (Wildman–Crippen LogP) is -0.649. The van der Waals surface area contributed by atoms with Gasteiger partial charge in [0.15, 0.2) is 6.04 Å². The third kappa shape index (κ3) is 5.53. The Hall–Kier alpha value is -1.10. The molecule has 0 spiro atoms. The number of carbonyl (C=O) groups excluding carboxylic acids is 2. The van der Waals surface area contributed by atoms with Gasteiger partial charge in [-0.1, -0.05) is 13.8 Å². The van der Waals surface area contributed by atoms with Crippen LogP contribution in [0.3, 0.4) is 0 Å². The zero-order valence-corrected chi connectivity index (χ0v) is 8.75. The summed E-state index contributed by atoms with van der Waals surface area (Å²) in [5, 5.41) is 2.72. The van der Waals surface area contributed by atoms with E-state index in [1.54, 1.807) is 0 Å². The summed E-state index contributed by atoms with van der Waals surface area (Å²) in [6.07, 6.45) is 1.94. The van der Waals surface area contributed by atoms with Crippen LogP contribution in [0.5, 0.6) is 0 Å². The maximum atomic E-state index is 10.7. The van der Waals surface area contributed by atoms with Gasteiger partial charge in [0.05, 0.1) is 0 Å². The highest BCUT2D eigenvalue weighted by Crippen LogP contribution is 2.01. The molecule has 0 saturated heterocycles. The molecule has 0 aromatic heterocycles. The summed E-state index contributed by atoms with van der Waals surface area (Å²) in [6, 6.07) is -1.04. The standard InChI is InChI=1S/C9H19N3O2/c1-6(2)4-3-5-12-7(8(10)13)9(11)14/h6-7,12H,3-5H2,1-2H3,(H2,10,13)(H2,11,14). The van der Waals surface area contributed by atoms with Crippen LogP contribution in [0.2, 0.25) is 0 Å². The first-order valence-electron chi connectivity index (χ1n) is 4.77. The van der Waals surface area contributed by atoms with Crippen molar-refractivity contribution in [2.75, 3.05) is 6.54 Å². The van der Waals surface area contributed by atoms with Gasteiger partial charge in [-0.3, -0.25) is 14.9 Å². The van der Waals surface area contributed by atoms with Crippen molar-refractivity contribution in [3.63, 3.8) is 0 Å². The van der Waals surface area contributed by atoms with Crippen molar-refractivity contribution < 1.29 is 9.59 Å². The van der Waals surface area contributed by atoms with Crippen molar-refractivity contribution in [2.24, 2.45) is 17.4 Å². The van der Waals surface area contributed by atoms with Gasteiger partial charge in [-0.15, -0.1) is 0 Å². The van der Waals surface area contributed by atoms with Gasteiger partial charge in [0.2, 0.25) is 11.8 Å². The summed E-state index contributed by atoms with van der Waals surface area (Å²) in [6.45, 7) is 4.80. The van der Waals surface area contributed by atoms with Crippen LogP contribution in [0, 0.1) is 5.92 Å². The van der Waals surface area contributed by atoms with Gasteiger partial charge in [-0.2, -0.15) is 0 Å². The van der Waals surface area contributed by atoms with Gasteiger partial charge in [0, 0.05) is 0 Å².